The van der Waals surface area contributed by atoms with Gasteiger partial charge in [0.15, 0.2) is 0 Å². The fraction of sp³-hybridized carbons (Fsp3) is 0.629. The Kier molecular flexibility index (Phi) is 17.3. The quantitative estimate of drug-likeness (QED) is 0.115. The Balaban J connectivity index is 1.26. The lowest BCUT2D eigenvalue weighted by molar-refractivity contribution is -0.137. The lowest BCUT2D eigenvalue weighted by atomic mass is 9.94. The Hall–Kier alpha value is -3.65. The van der Waals surface area contributed by atoms with Crippen LogP contribution < -0.4 is 16.0 Å². The van der Waals surface area contributed by atoms with E-state index in [1.54, 1.807) is 7.11 Å². The summed E-state index contributed by atoms with van der Waals surface area (Å²) in [7, 11) is 3.68. The SMILES string of the molecule is COC(C(C)C(=O)NC(Cc1ccccc1)C(=O)NCCOCCOCCNC(=O)CCCCCN1C(=O)C=CC1=O)C1CCCN1C. The third kappa shape index (κ3) is 13.1. The number of carbonyl (C=O) groups is 5. The van der Waals surface area contributed by atoms with E-state index in [0.29, 0.717) is 58.6 Å². The van der Waals surface area contributed by atoms with Crippen LogP contribution >= 0.6 is 0 Å². The van der Waals surface area contributed by atoms with Crippen LogP contribution in [-0.4, -0.2) is 124 Å². The second kappa shape index (κ2) is 21.3. The standard InChI is InChI=1S/C35H53N5O8/c1-26(33(46-3)29-13-10-19-39(29)2)34(44)38-28(25-27-11-6-4-7-12-27)35(45)37-18-22-48-24-23-47-21-17-36-30(41)14-8-5-9-20-40-31(42)15-16-32(40)43/h4,6-7,11-12,15-16,26,28-29,33H,5,8-10,13-14,17-25H2,1-3H3,(H,36,41)(H,37,45)(H,38,44). The second-order valence-corrected chi connectivity index (χ2v) is 12.3. The maximum absolute atomic E-state index is 13.3. The molecule has 3 N–H and O–H groups in total. The molecule has 2 aliphatic heterocycles. The number of methoxy groups -OCH3 is 1. The average molecular weight is 672 g/mol. The molecule has 0 radical (unpaired) electrons. The van der Waals surface area contributed by atoms with E-state index in [4.69, 9.17) is 14.2 Å². The second-order valence-electron chi connectivity index (χ2n) is 12.3. The number of nitrogens with zero attached hydrogens (tertiary/aromatic N) is 2. The molecule has 1 saturated heterocycles. The van der Waals surface area contributed by atoms with Crippen molar-refractivity contribution >= 4 is 29.5 Å². The van der Waals surface area contributed by atoms with Gasteiger partial charge in [0.25, 0.3) is 11.8 Å². The normalized spacial score (nSPS) is 18.1. The van der Waals surface area contributed by atoms with Gasteiger partial charge in [0.2, 0.25) is 17.7 Å². The molecule has 266 valence electrons. The Morgan fingerprint density at radius 1 is 0.896 bits per heavy atom. The summed E-state index contributed by atoms with van der Waals surface area (Å²) >= 11 is 0. The molecule has 1 aromatic carbocycles. The number of imide groups is 1. The Bertz CT molecular complexity index is 1190. The molecule has 13 nitrogen and oxygen atoms in total. The van der Waals surface area contributed by atoms with Crippen molar-refractivity contribution in [2.24, 2.45) is 5.92 Å². The van der Waals surface area contributed by atoms with Crippen LogP contribution in [0.1, 0.15) is 51.0 Å². The van der Waals surface area contributed by atoms with Crippen LogP contribution in [0.25, 0.3) is 0 Å². The lowest BCUT2D eigenvalue weighted by Gasteiger charge is -2.32. The van der Waals surface area contributed by atoms with Gasteiger partial charge in [-0.15, -0.1) is 0 Å². The van der Waals surface area contributed by atoms with Gasteiger partial charge in [0.05, 0.1) is 38.4 Å². The average Bonchev–Trinajstić information content (AvgIpc) is 3.65. The molecule has 4 unspecified atom stereocenters. The van der Waals surface area contributed by atoms with Gasteiger partial charge in [-0.2, -0.15) is 0 Å². The first kappa shape index (κ1) is 38.8. The molecule has 13 heteroatoms. The van der Waals surface area contributed by atoms with Crippen molar-refractivity contribution in [2.45, 2.75) is 70.1 Å². The van der Waals surface area contributed by atoms with Gasteiger partial charge in [-0.3, -0.25) is 28.9 Å². The maximum atomic E-state index is 13.3. The van der Waals surface area contributed by atoms with E-state index in [9.17, 15) is 24.0 Å². The summed E-state index contributed by atoms with van der Waals surface area (Å²) in [4.78, 5) is 65.0. The lowest BCUT2D eigenvalue weighted by Crippen LogP contribution is -2.53. The van der Waals surface area contributed by atoms with Crippen LogP contribution in [-0.2, 0) is 44.6 Å². The van der Waals surface area contributed by atoms with Crippen LogP contribution in [0, 0.1) is 5.92 Å². The van der Waals surface area contributed by atoms with Gasteiger partial charge in [-0.25, -0.2) is 0 Å². The number of benzene rings is 1. The van der Waals surface area contributed by atoms with E-state index in [-0.39, 0.29) is 54.8 Å². The summed E-state index contributed by atoms with van der Waals surface area (Å²) < 4.78 is 16.9. The predicted octanol–water partition coefficient (Wildman–Crippen LogP) is 1.21. The summed E-state index contributed by atoms with van der Waals surface area (Å²) in [6.07, 6.45) is 7.12. The van der Waals surface area contributed by atoms with E-state index in [1.807, 2.05) is 44.3 Å². The summed E-state index contributed by atoms with van der Waals surface area (Å²) in [5.74, 6) is -1.57. The molecule has 1 aromatic rings. The smallest absolute Gasteiger partial charge is 0.253 e. The van der Waals surface area contributed by atoms with Crippen molar-refractivity contribution in [3.63, 3.8) is 0 Å². The third-order valence-corrected chi connectivity index (χ3v) is 8.72. The number of carbonyl (C=O) groups excluding carboxylic acids is 5. The van der Waals surface area contributed by atoms with Gasteiger partial charge in [0.1, 0.15) is 6.04 Å². The van der Waals surface area contributed by atoms with E-state index >= 15 is 0 Å². The molecule has 0 bridgehead atoms. The molecule has 4 atom stereocenters. The highest BCUT2D eigenvalue weighted by molar-refractivity contribution is 6.12. The molecule has 2 aliphatic rings. The Labute approximate surface area is 284 Å². The van der Waals surface area contributed by atoms with Crippen LogP contribution in [0.2, 0.25) is 0 Å². The molecule has 1 fully saturated rings. The zero-order valence-electron chi connectivity index (χ0n) is 28.6. The number of likely N-dealkylation sites (N-methyl/N-ethyl adjacent to an activating group) is 1. The summed E-state index contributed by atoms with van der Waals surface area (Å²) in [6.45, 7) is 5.16. The zero-order valence-corrected chi connectivity index (χ0v) is 28.6. The highest BCUT2D eigenvalue weighted by Crippen LogP contribution is 2.25. The van der Waals surface area contributed by atoms with Crippen LogP contribution in [0.3, 0.4) is 0 Å². The number of ether oxygens (including phenoxy) is 3. The van der Waals surface area contributed by atoms with E-state index in [2.05, 4.69) is 20.9 Å². The van der Waals surface area contributed by atoms with Crippen molar-refractivity contribution < 1.29 is 38.2 Å². The highest BCUT2D eigenvalue weighted by atomic mass is 16.5. The maximum Gasteiger partial charge on any atom is 0.253 e. The Morgan fingerprint density at radius 2 is 1.56 bits per heavy atom. The van der Waals surface area contributed by atoms with Gasteiger partial charge in [0, 0.05) is 57.8 Å². The highest BCUT2D eigenvalue weighted by Gasteiger charge is 2.37. The summed E-state index contributed by atoms with van der Waals surface area (Å²) in [6, 6.07) is 9.00. The molecule has 0 spiro atoms. The summed E-state index contributed by atoms with van der Waals surface area (Å²) in [5.41, 5.74) is 0.942. The minimum atomic E-state index is -0.747. The fourth-order valence-electron chi connectivity index (χ4n) is 5.98. The monoisotopic (exact) mass is 671 g/mol. The van der Waals surface area contributed by atoms with Crippen molar-refractivity contribution in [3.8, 4) is 0 Å². The van der Waals surface area contributed by atoms with Crippen molar-refractivity contribution in [1.29, 1.82) is 0 Å². The molecule has 0 aliphatic carbocycles. The molecule has 5 amide bonds. The van der Waals surface area contributed by atoms with Crippen LogP contribution in [0.4, 0.5) is 0 Å². The molecule has 0 aromatic heterocycles. The largest absolute Gasteiger partial charge is 0.379 e. The molecule has 0 saturated carbocycles. The van der Waals surface area contributed by atoms with Crippen molar-refractivity contribution in [3.05, 3.63) is 48.0 Å². The first-order valence-corrected chi connectivity index (χ1v) is 17.0. The van der Waals surface area contributed by atoms with E-state index in [1.165, 1.54) is 17.1 Å². The van der Waals surface area contributed by atoms with Gasteiger partial charge >= 0.3 is 0 Å². The third-order valence-electron chi connectivity index (χ3n) is 8.72. The van der Waals surface area contributed by atoms with Crippen molar-refractivity contribution in [1.82, 2.24) is 25.8 Å². The topological polar surface area (TPSA) is 156 Å². The predicted molar refractivity (Wildman–Crippen MR) is 180 cm³/mol. The van der Waals surface area contributed by atoms with Gasteiger partial charge in [-0.1, -0.05) is 43.7 Å². The number of rotatable bonds is 23. The van der Waals surface area contributed by atoms with Crippen molar-refractivity contribution in [2.75, 3.05) is 66.8 Å². The van der Waals surface area contributed by atoms with E-state index < -0.39 is 12.0 Å². The number of unbranched alkanes of at least 4 members (excludes halogenated alkanes) is 2. The number of hydrogen-bond donors (Lipinski definition) is 3. The van der Waals surface area contributed by atoms with E-state index in [0.717, 1.165) is 31.4 Å². The number of likely N-dealkylation sites (tertiary alicyclic amines) is 1. The summed E-state index contributed by atoms with van der Waals surface area (Å²) in [5, 5.41) is 8.65. The van der Waals surface area contributed by atoms with Gasteiger partial charge < -0.3 is 35.1 Å². The number of nitrogens with one attached hydrogen (secondary N) is 3. The molecule has 3 rings (SSSR count). The molecular weight excluding hydrogens is 618 g/mol. The molecule has 2 heterocycles. The minimum absolute atomic E-state index is 0.0725. The first-order chi connectivity index (χ1) is 23.2. The molecule has 48 heavy (non-hydrogen) atoms. The minimum Gasteiger partial charge on any atom is -0.379 e. The van der Waals surface area contributed by atoms with Gasteiger partial charge in [-0.05, 0) is 44.8 Å². The molecular formula is C35H53N5O8. The number of amides is 5. The number of hydrogen-bond acceptors (Lipinski definition) is 9. The van der Waals surface area contributed by atoms with Crippen LogP contribution in [0.15, 0.2) is 42.5 Å². The first-order valence-electron chi connectivity index (χ1n) is 17.0. The zero-order chi connectivity index (χ0) is 34.7. The fourth-order valence-corrected chi connectivity index (χ4v) is 5.98. The van der Waals surface area contributed by atoms with Crippen LogP contribution in [0.5, 0.6) is 0 Å². The Morgan fingerprint density at radius 3 is 2.19 bits per heavy atom.